The van der Waals surface area contributed by atoms with E-state index in [0.717, 1.165) is 18.6 Å². The van der Waals surface area contributed by atoms with Gasteiger partial charge < -0.3 is 10.0 Å². The minimum Gasteiger partial charge on any atom is -0.478 e. The van der Waals surface area contributed by atoms with Crippen LogP contribution in [0, 0.1) is 11.6 Å². The fourth-order valence-corrected chi connectivity index (χ4v) is 1.52. The van der Waals surface area contributed by atoms with Gasteiger partial charge in [-0.15, -0.1) is 0 Å². The van der Waals surface area contributed by atoms with E-state index in [4.69, 9.17) is 5.11 Å². The van der Waals surface area contributed by atoms with Crippen LogP contribution in [0.4, 0.5) is 14.5 Å². The molecule has 0 fully saturated rings. The molecule has 1 N–H and O–H groups in total. The van der Waals surface area contributed by atoms with Crippen molar-refractivity contribution in [3.8, 4) is 0 Å². The van der Waals surface area contributed by atoms with Crippen molar-refractivity contribution in [2.45, 2.75) is 26.3 Å². The summed E-state index contributed by atoms with van der Waals surface area (Å²) in [7, 11) is 1.58. The maximum atomic E-state index is 13.7. The molecule has 0 bridgehead atoms. The van der Waals surface area contributed by atoms with Gasteiger partial charge in [-0.1, -0.05) is 6.92 Å². The largest absolute Gasteiger partial charge is 0.478 e. The van der Waals surface area contributed by atoms with Crippen LogP contribution in [0.25, 0.3) is 0 Å². The van der Waals surface area contributed by atoms with E-state index in [1.54, 1.807) is 7.05 Å². The predicted octanol–water partition coefficient (Wildman–Crippen LogP) is 2.90. The summed E-state index contributed by atoms with van der Waals surface area (Å²) in [5.41, 5.74) is -0.578. The van der Waals surface area contributed by atoms with Crippen LogP contribution in [0.15, 0.2) is 12.1 Å². The van der Waals surface area contributed by atoms with E-state index in [1.807, 2.05) is 13.8 Å². The van der Waals surface area contributed by atoms with Crippen LogP contribution in [0.2, 0.25) is 0 Å². The molecule has 0 amide bonds. The fraction of sp³-hybridized carbons (Fsp3) is 0.417. The quantitative estimate of drug-likeness (QED) is 0.883. The summed E-state index contributed by atoms with van der Waals surface area (Å²) < 4.78 is 27.3. The Kier molecular flexibility index (Phi) is 4.04. The van der Waals surface area contributed by atoms with Crippen molar-refractivity contribution < 1.29 is 18.7 Å². The normalized spacial score (nSPS) is 12.3. The Hall–Kier alpha value is -1.65. The average Bonchev–Trinajstić information content (AvgIpc) is 2.26. The number of aromatic carboxylic acids is 1. The molecule has 94 valence electrons. The van der Waals surface area contributed by atoms with Gasteiger partial charge in [0, 0.05) is 13.1 Å². The summed E-state index contributed by atoms with van der Waals surface area (Å²) in [5.74, 6) is -3.06. The topological polar surface area (TPSA) is 40.5 Å². The molecule has 1 unspecified atom stereocenters. The molecular formula is C12H15F2NO2. The number of nitrogens with zero attached hydrogens (tertiary/aromatic N) is 1. The molecule has 17 heavy (non-hydrogen) atoms. The Bertz CT molecular complexity index is 412. The standard InChI is InChI=1S/C12H15F2NO2/c1-4-7(2)15(3)11-9(13)5-8(12(16)17)6-10(11)14/h5-7H,4H2,1-3H3,(H,16,17). The molecular weight excluding hydrogens is 228 g/mol. The first-order chi connectivity index (χ1) is 7.88. The van der Waals surface area contributed by atoms with E-state index in [0.29, 0.717) is 0 Å². The van der Waals surface area contributed by atoms with E-state index in [9.17, 15) is 13.6 Å². The highest BCUT2D eigenvalue weighted by Crippen LogP contribution is 2.26. The number of carbonyl (C=O) groups is 1. The van der Waals surface area contributed by atoms with Gasteiger partial charge in [0.05, 0.1) is 5.56 Å². The number of hydrogen-bond donors (Lipinski definition) is 1. The van der Waals surface area contributed by atoms with E-state index < -0.39 is 17.6 Å². The maximum Gasteiger partial charge on any atom is 0.335 e. The van der Waals surface area contributed by atoms with Gasteiger partial charge in [-0.3, -0.25) is 0 Å². The smallest absolute Gasteiger partial charge is 0.335 e. The molecule has 1 atom stereocenters. The van der Waals surface area contributed by atoms with E-state index >= 15 is 0 Å². The van der Waals surface area contributed by atoms with Gasteiger partial charge in [0.2, 0.25) is 0 Å². The number of halogens is 2. The molecule has 1 aromatic rings. The Morgan fingerprint density at radius 3 is 2.24 bits per heavy atom. The molecule has 0 aliphatic rings. The summed E-state index contributed by atoms with van der Waals surface area (Å²) in [4.78, 5) is 12.1. The highest BCUT2D eigenvalue weighted by molar-refractivity contribution is 5.88. The molecule has 1 aromatic carbocycles. The lowest BCUT2D eigenvalue weighted by Gasteiger charge is -2.26. The summed E-state index contributed by atoms with van der Waals surface area (Å²) in [5, 5.41) is 8.67. The second kappa shape index (κ2) is 5.12. The van der Waals surface area contributed by atoms with E-state index in [1.165, 1.54) is 4.90 Å². The number of rotatable bonds is 4. The monoisotopic (exact) mass is 243 g/mol. The van der Waals surface area contributed by atoms with Gasteiger partial charge >= 0.3 is 5.97 Å². The lowest BCUT2D eigenvalue weighted by molar-refractivity contribution is 0.0696. The number of benzene rings is 1. The van der Waals surface area contributed by atoms with Crippen molar-refractivity contribution in [1.29, 1.82) is 0 Å². The minimum atomic E-state index is -1.35. The number of carboxylic acids is 1. The Morgan fingerprint density at radius 1 is 1.41 bits per heavy atom. The molecule has 5 heteroatoms. The second-order valence-electron chi connectivity index (χ2n) is 3.96. The molecule has 0 aliphatic carbocycles. The maximum absolute atomic E-state index is 13.7. The summed E-state index contributed by atoms with van der Waals surface area (Å²) in [6.07, 6.45) is 0.732. The van der Waals surface area contributed by atoms with Crippen LogP contribution >= 0.6 is 0 Å². The van der Waals surface area contributed by atoms with Gasteiger partial charge in [0.15, 0.2) is 0 Å². The molecule has 0 radical (unpaired) electrons. The summed E-state index contributed by atoms with van der Waals surface area (Å²) in [6.45, 7) is 3.74. The zero-order valence-corrected chi connectivity index (χ0v) is 10.00. The third-order valence-corrected chi connectivity index (χ3v) is 2.87. The van der Waals surface area contributed by atoms with Crippen LogP contribution in [-0.2, 0) is 0 Å². The van der Waals surface area contributed by atoms with Gasteiger partial charge in [0.1, 0.15) is 17.3 Å². The Morgan fingerprint density at radius 2 is 1.88 bits per heavy atom. The van der Waals surface area contributed by atoms with Gasteiger partial charge in [-0.2, -0.15) is 0 Å². The number of anilines is 1. The van der Waals surface area contributed by atoms with E-state index in [2.05, 4.69) is 0 Å². The van der Waals surface area contributed by atoms with Gasteiger partial charge in [-0.05, 0) is 25.5 Å². The molecule has 3 nitrogen and oxygen atoms in total. The van der Waals surface area contributed by atoms with Gasteiger partial charge in [0.25, 0.3) is 0 Å². The molecule has 0 saturated carbocycles. The highest BCUT2D eigenvalue weighted by atomic mass is 19.1. The van der Waals surface area contributed by atoms with Gasteiger partial charge in [-0.25, -0.2) is 13.6 Å². The van der Waals surface area contributed by atoms with Crippen LogP contribution in [0.1, 0.15) is 30.6 Å². The third kappa shape index (κ3) is 2.72. The molecule has 0 heterocycles. The molecule has 0 aliphatic heterocycles. The molecule has 0 spiro atoms. The predicted molar refractivity (Wildman–Crippen MR) is 61.5 cm³/mol. The lowest BCUT2D eigenvalue weighted by Crippen LogP contribution is -2.29. The van der Waals surface area contributed by atoms with Crippen LogP contribution < -0.4 is 4.90 Å². The molecule has 1 rings (SSSR count). The first kappa shape index (κ1) is 13.4. The van der Waals surface area contributed by atoms with Crippen molar-refractivity contribution in [2.75, 3.05) is 11.9 Å². The minimum absolute atomic E-state index is 0.0327. The van der Waals surface area contributed by atoms with Crippen LogP contribution in [0.5, 0.6) is 0 Å². The average molecular weight is 243 g/mol. The second-order valence-corrected chi connectivity index (χ2v) is 3.96. The van der Waals surface area contributed by atoms with Crippen molar-refractivity contribution >= 4 is 11.7 Å². The van der Waals surface area contributed by atoms with Crippen molar-refractivity contribution in [1.82, 2.24) is 0 Å². The van der Waals surface area contributed by atoms with Crippen LogP contribution in [-0.4, -0.2) is 24.2 Å². The SMILES string of the molecule is CCC(C)N(C)c1c(F)cc(C(=O)O)cc1F. The van der Waals surface area contributed by atoms with Crippen LogP contribution in [0.3, 0.4) is 0 Å². The van der Waals surface area contributed by atoms with Crippen molar-refractivity contribution in [2.24, 2.45) is 0 Å². The fourth-order valence-electron chi connectivity index (χ4n) is 1.52. The number of hydrogen-bond acceptors (Lipinski definition) is 2. The van der Waals surface area contributed by atoms with Crippen molar-refractivity contribution in [3.63, 3.8) is 0 Å². The number of carboxylic acid groups (broad SMARTS) is 1. The summed E-state index contributed by atoms with van der Waals surface area (Å²) in [6, 6.07) is 1.63. The Labute approximate surface area is 98.7 Å². The third-order valence-electron chi connectivity index (χ3n) is 2.87. The highest BCUT2D eigenvalue weighted by Gasteiger charge is 2.20. The molecule has 0 aromatic heterocycles. The first-order valence-corrected chi connectivity index (χ1v) is 5.33. The zero-order valence-electron chi connectivity index (χ0n) is 10.00. The lowest BCUT2D eigenvalue weighted by atomic mass is 10.1. The zero-order chi connectivity index (χ0) is 13.2. The Balaban J connectivity index is 3.22. The first-order valence-electron chi connectivity index (χ1n) is 5.33. The summed E-state index contributed by atoms with van der Waals surface area (Å²) >= 11 is 0. The van der Waals surface area contributed by atoms with E-state index in [-0.39, 0.29) is 17.3 Å². The van der Waals surface area contributed by atoms with Crippen molar-refractivity contribution in [3.05, 3.63) is 29.3 Å². The molecule has 0 saturated heterocycles.